The van der Waals surface area contributed by atoms with Crippen LogP contribution in [0.1, 0.15) is 16.8 Å². The van der Waals surface area contributed by atoms with Crippen molar-refractivity contribution >= 4 is 25.0 Å². The van der Waals surface area contributed by atoms with Crippen LogP contribution < -0.4 is 10.8 Å². The van der Waals surface area contributed by atoms with Gasteiger partial charge >= 0.3 is 0 Å². The molecule has 152 valence electrons. The van der Waals surface area contributed by atoms with E-state index in [2.05, 4.69) is 10.3 Å². The van der Waals surface area contributed by atoms with Crippen LogP contribution >= 0.6 is 0 Å². The topological polar surface area (TPSA) is 75.1 Å². The van der Waals surface area contributed by atoms with E-state index in [1.807, 2.05) is 62.4 Å². The summed E-state index contributed by atoms with van der Waals surface area (Å²) in [7, 11) is 2.02. The summed E-state index contributed by atoms with van der Waals surface area (Å²) >= 11 is 0. The van der Waals surface area contributed by atoms with E-state index < -0.39 is 0 Å². The third-order valence-corrected chi connectivity index (χ3v) is 4.97. The highest BCUT2D eigenvalue weighted by molar-refractivity contribution is 6.32. The fourth-order valence-electron chi connectivity index (χ4n) is 3.28. The number of anilines is 1. The van der Waals surface area contributed by atoms with E-state index in [4.69, 9.17) is 4.98 Å². The molecule has 0 aliphatic rings. The second-order valence-electron chi connectivity index (χ2n) is 7.47. The van der Waals surface area contributed by atoms with Crippen molar-refractivity contribution in [2.24, 2.45) is 0 Å². The maximum atomic E-state index is 12.7. The van der Waals surface area contributed by atoms with Crippen molar-refractivity contribution < 1.29 is 9.90 Å². The maximum absolute atomic E-state index is 12.7. The van der Waals surface area contributed by atoms with Gasteiger partial charge in [0.05, 0.1) is 24.0 Å². The minimum Gasteiger partial charge on any atom is -0.508 e. The van der Waals surface area contributed by atoms with Gasteiger partial charge in [0.2, 0.25) is 5.91 Å². The minimum atomic E-state index is -0.134. The van der Waals surface area contributed by atoms with Crippen LogP contribution in [0.3, 0.4) is 0 Å². The highest BCUT2D eigenvalue weighted by atomic mass is 16.3. The second kappa shape index (κ2) is 9.26. The van der Waals surface area contributed by atoms with E-state index >= 15 is 0 Å². The number of aromatic nitrogens is 2. The smallest absolute Gasteiger partial charge is 0.229 e. The Morgan fingerprint density at radius 1 is 0.903 bits per heavy atom. The third-order valence-electron chi connectivity index (χ3n) is 4.97. The standard InChI is InChI=1S/C25H22BN3O2/c26-20-10-6-18(7-11-20)15-24(31)29-25-22(14-17-4-2-1-3-5-17)28-23(16-27-25)19-8-12-21(30)13-9-19/h1-13,16,30H,14-15,26H2,(H,27,29,31). The Kier molecular flexibility index (Phi) is 6.08. The lowest BCUT2D eigenvalue weighted by molar-refractivity contribution is -0.115. The summed E-state index contributed by atoms with van der Waals surface area (Å²) < 4.78 is 0. The fraction of sp³-hybridized carbons (Fsp3) is 0.0800. The molecule has 31 heavy (non-hydrogen) atoms. The van der Waals surface area contributed by atoms with Gasteiger partial charge in [-0.15, -0.1) is 0 Å². The lowest BCUT2D eigenvalue weighted by Crippen LogP contribution is -2.18. The van der Waals surface area contributed by atoms with Gasteiger partial charge in [-0.3, -0.25) is 4.79 Å². The number of hydrogen-bond acceptors (Lipinski definition) is 4. The van der Waals surface area contributed by atoms with E-state index in [1.54, 1.807) is 30.5 Å². The molecule has 2 N–H and O–H groups in total. The Hall–Kier alpha value is -3.93. The van der Waals surface area contributed by atoms with Crippen LogP contribution in [0.2, 0.25) is 0 Å². The number of rotatable bonds is 6. The molecule has 4 rings (SSSR count). The van der Waals surface area contributed by atoms with Gasteiger partial charge in [-0.2, -0.15) is 0 Å². The quantitative estimate of drug-likeness (QED) is 0.482. The highest BCUT2D eigenvalue weighted by Crippen LogP contribution is 2.23. The SMILES string of the molecule is Bc1ccc(CC(=O)Nc2ncc(-c3ccc(O)cc3)nc2Cc2ccccc2)cc1. The molecule has 0 bridgehead atoms. The Bertz CT molecular complexity index is 1180. The summed E-state index contributed by atoms with van der Waals surface area (Å²) in [5, 5.41) is 12.5. The zero-order valence-electron chi connectivity index (χ0n) is 17.2. The maximum Gasteiger partial charge on any atom is 0.229 e. The van der Waals surface area contributed by atoms with Crippen molar-refractivity contribution in [1.82, 2.24) is 9.97 Å². The minimum absolute atomic E-state index is 0.134. The van der Waals surface area contributed by atoms with E-state index in [0.29, 0.717) is 23.6 Å². The molecule has 4 aromatic rings. The number of carbonyl (C=O) groups is 1. The first kappa shape index (κ1) is 20.4. The molecule has 1 amide bonds. The summed E-state index contributed by atoms with van der Waals surface area (Å²) in [5.74, 6) is 0.523. The van der Waals surface area contributed by atoms with E-state index in [-0.39, 0.29) is 18.1 Å². The number of nitrogens with zero attached hydrogens (tertiary/aromatic N) is 2. The Labute approximate surface area is 182 Å². The monoisotopic (exact) mass is 407 g/mol. The summed E-state index contributed by atoms with van der Waals surface area (Å²) in [6.45, 7) is 0. The predicted molar refractivity (Wildman–Crippen MR) is 125 cm³/mol. The third kappa shape index (κ3) is 5.37. The summed E-state index contributed by atoms with van der Waals surface area (Å²) in [4.78, 5) is 22.0. The molecule has 0 fully saturated rings. The first-order valence-corrected chi connectivity index (χ1v) is 10.1. The molecule has 0 aliphatic carbocycles. The van der Waals surface area contributed by atoms with Crippen molar-refractivity contribution in [1.29, 1.82) is 0 Å². The predicted octanol–water partition coefficient (Wildman–Crippen LogP) is 2.88. The van der Waals surface area contributed by atoms with Crippen molar-refractivity contribution in [2.45, 2.75) is 12.8 Å². The molecule has 1 aromatic heterocycles. The van der Waals surface area contributed by atoms with Gasteiger partial charge in [0.15, 0.2) is 5.82 Å². The molecule has 5 nitrogen and oxygen atoms in total. The van der Waals surface area contributed by atoms with E-state index in [9.17, 15) is 9.90 Å². The number of nitrogens with one attached hydrogen (secondary N) is 1. The Morgan fingerprint density at radius 2 is 1.61 bits per heavy atom. The van der Waals surface area contributed by atoms with Crippen LogP contribution in [0.4, 0.5) is 5.82 Å². The molecule has 0 saturated heterocycles. The van der Waals surface area contributed by atoms with Gasteiger partial charge in [-0.05, 0) is 35.4 Å². The average Bonchev–Trinajstić information content (AvgIpc) is 2.78. The van der Waals surface area contributed by atoms with Crippen molar-refractivity contribution in [2.75, 3.05) is 5.32 Å². The van der Waals surface area contributed by atoms with E-state index in [0.717, 1.165) is 22.2 Å². The molecule has 3 aromatic carbocycles. The van der Waals surface area contributed by atoms with Gasteiger partial charge in [-0.1, -0.05) is 60.1 Å². The van der Waals surface area contributed by atoms with Crippen LogP contribution in [-0.4, -0.2) is 28.8 Å². The van der Waals surface area contributed by atoms with Gasteiger partial charge in [0.1, 0.15) is 13.6 Å². The van der Waals surface area contributed by atoms with Gasteiger partial charge < -0.3 is 10.4 Å². The fourth-order valence-corrected chi connectivity index (χ4v) is 3.28. The lowest BCUT2D eigenvalue weighted by Gasteiger charge is -2.12. The number of carbonyl (C=O) groups excluding carboxylic acids is 1. The molecule has 6 heteroatoms. The number of aromatic hydroxyl groups is 1. The van der Waals surface area contributed by atoms with Crippen molar-refractivity contribution in [3.8, 4) is 17.0 Å². The molecular weight excluding hydrogens is 385 g/mol. The van der Waals surface area contributed by atoms with Crippen LogP contribution in [0.25, 0.3) is 11.3 Å². The second-order valence-corrected chi connectivity index (χ2v) is 7.47. The number of phenols is 1. The molecule has 0 atom stereocenters. The number of amides is 1. The van der Waals surface area contributed by atoms with Crippen molar-refractivity contribution in [3.63, 3.8) is 0 Å². The molecule has 0 unspecified atom stereocenters. The Morgan fingerprint density at radius 3 is 2.32 bits per heavy atom. The Balaban J connectivity index is 1.61. The zero-order chi connectivity index (χ0) is 21.6. The van der Waals surface area contributed by atoms with Crippen LogP contribution in [-0.2, 0) is 17.6 Å². The zero-order valence-corrected chi connectivity index (χ0v) is 17.2. The largest absolute Gasteiger partial charge is 0.508 e. The van der Waals surface area contributed by atoms with Crippen molar-refractivity contribution in [3.05, 3.63) is 102 Å². The molecule has 0 aliphatic heterocycles. The lowest BCUT2D eigenvalue weighted by atomic mass is 9.95. The van der Waals surface area contributed by atoms with Gasteiger partial charge in [0, 0.05) is 12.0 Å². The van der Waals surface area contributed by atoms with Crippen LogP contribution in [0.15, 0.2) is 85.1 Å². The first-order chi connectivity index (χ1) is 15.1. The number of phenolic OH excluding ortho intramolecular Hbond substituents is 1. The summed E-state index contributed by atoms with van der Waals surface area (Å²) in [6.07, 6.45) is 2.45. The number of hydrogen-bond donors (Lipinski definition) is 2. The van der Waals surface area contributed by atoms with Crippen LogP contribution in [0.5, 0.6) is 5.75 Å². The normalized spacial score (nSPS) is 10.6. The van der Waals surface area contributed by atoms with Crippen LogP contribution in [0, 0.1) is 0 Å². The molecule has 0 spiro atoms. The molecule has 0 saturated carbocycles. The molecular formula is C25H22BN3O2. The average molecular weight is 407 g/mol. The van der Waals surface area contributed by atoms with Gasteiger partial charge in [-0.25, -0.2) is 9.97 Å². The van der Waals surface area contributed by atoms with E-state index in [1.165, 1.54) is 0 Å². The highest BCUT2D eigenvalue weighted by Gasteiger charge is 2.13. The molecule has 0 radical (unpaired) electrons. The summed E-state index contributed by atoms with van der Waals surface area (Å²) in [5.41, 5.74) is 5.40. The summed E-state index contributed by atoms with van der Waals surface area (Å²) in [6, 6.07) is 24.7. The molecule has 1 heterocycles. The first-order valence-electron chi connectivity index (χ1n) is 10.1. The number of benzene rings is 3. The van der Waals surface area contributed by atoms with Gasteiger partial charge in [0.25, 0.3) is 0 Å².